The number of hydrogen-bond donors (Lipinski definition) is 0. The Kier molecular flexibility index (Phi) is 20.3. The lowest BCUT2D eigenvalue weighted by atomic mass is 9.89. The van der Waals surface area contributed by atoms with E-state index in [0.29, 0.717) is 0 Å². The second kappa shape index (κ2) is 26.1. The van der Waals surface area contributed by atoms with Crippen LogP contribution in [0.4, 0.5) is 0 Å². The quantitative estimate of drug-likeness (QED) is 0.0598. The number of aryl methyl sites for hydroxylation is 8. The predicted octanol–water partition coefficient (Wildman–Crippen LogP) is 19.0. The molecule has 0 fully saturated rings. The zero-order valence-corrected chi connectivity index (χ0v) is 40.3. The zero-order valence-electron chi connectivity index (χ0n) is 40.3. The molecule has 0 aliphatic carbocycles. The van der Waals surface area contributed by atoms with Crippen molar-refractivity contribution in [3.8, 4) is 44.5 Å². The third-order valence-corrected chi connectivity index (χ3v) is 12.9. The Hall–Kier alpha value is -4.68. The molecule has 0 aliphatic heterocycles. The van der Waals surface area contributed by atoms with E-state index in [1.807, 2.05) is 0 Å². The van der Waals surface area contributed by atoms with Crippen LogP contribution in [-0.2, 0) is 25.7 Å². The molecule has 0 atom stereocenters. The van der Waals surface area contributed by atoms with Crippen LogP contribution in [0.2, 0.25) is 0 Å². The van der Waals surface area contributed by atoms with Crippen LogP contribution in [0.3, 0.4) is 0 Å². The Balaban J connectivity index is 0.000000246. The lowest BCUT2D eigenvalue weighted by molar-refractivity contribution is 0.605. The summed E-state index contributed by atoms with van der Waals surface area (Å²) in [5.74, 6) is 0. The van der Waals surface area contributed by atoms with Gasteiger partial charge in [-0.1, -0.05) is 237 Å². The maximum Gasteiger partial charge on any atom is -0.0149 e. The molecule has 0 aliphatic rings. The molecule has 0 unspecified atom stereocenters. The van der Waals surface area contributed by atoms with Gasteiger partial charge in [0.1, 0.15) is 0 Å². The number of rotatable bonds is 22. The minimum atomic E-state index is 1.14. The van der Waals surface area contributed by atoms with Crippen molar-refractivity contribution in [1.29, 1.82) is 0 Å². The highest BCUT2D eigenvalue weighted by atomic mass is 14.2. The highest BCUT2D eigenvalue weighted by Gasteiger charge is 2.12. The molecule has 6 aromatic carbocycles. The lowest BCUT2D eigenvalue weighted by Crippen LogP contribution is -1.98. The normalized spacial score (nSPS) is 11.1. The molecule has 62 heavy (non-hydrogen) atoms. The first-order valence-electron chi connectivity index (χ1n) is 24.8. The molecule has 0 heterocycles. The standard InChI is InChI=1S/C36H50.C26H30/c1-5-7-9-11-13-15-17-34-28-36(35(27-30(34)4)18-16-14-12-10-8-6-2)33-25-23-32(24-26-33)31-21-19-29(3)20-22-31;1-5-7-24-18-26(25(8-6-2)17-20(24)4)23-15-13-22(14-16-23)21-11-9-19(3)10-12-21/h19-28H,5-18H2,1-4H3;9-18H,5-8H2,1-4H3. The first-order valence-corrected chi connectivity index (χ1v) is 24.8. The summed E-state index contributed by atoms with van der Waals surface area (Å²) >= 11 is 0. The van der Waals surface area contributed by atoms with Crippen LogP contribution in [0, 0.1) is 27.7 Å². The molecule has 0 nitrogen and oxygen atoms in total. The van der Waals surface area contributed by atoms with Crippen molar-refractivity contribution in [2.45, 2.75) is 171 Å². The average molecular weight is 825 g/mol. The van der Waals surface area contributed by atoms with E-state index in [1.54, 1.807) is 5.56 Å². The van der Waals surface area contributed by atoms with Gasteiger partial charge in [0.25, 0.3) is 0 Å². The first kappa shape index (κ1) is 48.4. The molecule has 0 N–H and O–H groups in total. The highest BCUT2D eigenvalue weighted by Crippen LogP contribution is 2.33. The van der Waals surface area contributed by atoms with Crippen molar-refractivity contribution < 1.29 is 0 Å². The van der Waals surface area contributed by atoms with E-state index >= 15 is 0 Å². The van der Waals surface area contributed by atoms with E-state index in [0.717, 1.165) is 12.8 Å². The van der Waals surface area contributed by atoms with Crippen LogP contribution < -0.4 is 0 Å². The van der Waals surface area contributed by atoms with Crippen molar-refractivity contribution >= 4 is 0 Å². The molecule has 0 radical (unpaired) electrons. The number of benzene rings is 6. The Labute approximate surface area is 379 Å². The number of unbranched alkanes of at least 4 members (excludes halogenated alkanes) is 10. The highest BCUT2D eigenvalue weighted by molar-refractivity contribution is 5.75. The van der Waals surface area contributed by atoms with Gasteiger partial charge in [-0.05, 0) is 144 Å². The van der Waals surface area contributed by atoms with Crippen LogP contribution >= 0.6 is 0 Å². The van der Waals surface area contributed by atoms with Gasteiger partial charge in [-0.25, -0.2) is 0 Å². The molecule has 0 amide bonds. The van der Waals surface area contributed by atoms with E-state index in [4.69, 9.17) is 0 Å². The van der Waals surface area contributed by atoms with Crippen LogP contribution in [0.15, 0.2) is 121 Å². The molecule has 6 aromatic rings. The second-order valence-electron chi connectivity index (χ2n) is 18.3. The van der Waals surface area contributed by atoms with Gasteiger partial charge in [-0.15, -0.1) is 0 Å². The lowest BCUT2D eigenvalue weighted by Gasteiger charge is -2.16. The fourth-order valence-electron chi connectivity index (χ4n) is 9.02. The SMILES string of the molecule is CCCCCCCCc1cc(-c2ccc(-c3ccc(C)cc3)cc2)c(CCCCCCCC)cc1C.CCCc1cc(-c2ccc(-c3ccc(C)cc3)cc2)c(CCC)cc1C. The van der Waals surface area contributed by atoms with Gasteiger partial charge < -0.3 is 0 Å². The maximum atomic E-state index is 2.54. The minimum Gasteiger partial charge on any atom is -0.0654 e. The van der Waals surface area contributed by atoms with Gasteiger partial charge in [-0.2, -0.15) is 0 Å². The molecular formula is C62H80. The first-order chi connectivity index (χ1) is 30.2. The van der Waals surface area contributed by atoms with Crippen molar-refractivity contribution in [1.82, 2.24) is 0 Å². The van der Waals surface area contributed by atoms with Crippen molar-refractivity contribution in [3.05, 3.63) is 166 Å². The molecule has 0 saturated carbocycles. The monoisotopic (exact) mass is 825 g/mol. The van der Waals surface area contributed by atoms with Crippen LogP contribution in [0.5, 0.6) is 0 Å². The Bertz CT molecular complexity index is 2180. The largest absolute Gasteiger partial charge is 0.0654 e. The maximum absolute atomic E-state index is 2.54. The zero-order chi connectivity index (χ0) is 44.1. The van der Waals surface area contributed by atoms with Crippen LogP contribution in [-0.4, -0.2) is 0 Å². The summed E-state index contributed by atoms with van der Waals surface area (Å²) in [5, 5.41) is 0. The summed E-state index contributed by atoms with van der Waals surface area (Å²) in [5.41, 5.74) is 22.4. The number of hydrogen-bond acceptors (Lipinski definition) is 0. The van der Waals surface area contributed by atoms with Crippen LogP contribution in [0.25, 0.3) is 44.5 Å². The van der Waals surface area contributed by atoms with Crippen molar-refractivity contribution in [2.24, 2.45) is 0 Å². The Morgan fingerprint density at radius 3 is 0.935 bits per heavy atom. The van der Waals surface area contributed by atoms with E-state index in [9.17, 15) is 0 Å². The molecular weight excluding hydrogens is 745 g/mol. The van der Waals surface area contributed by atoms with E-state index in [-0.39, 0.29) is 0 Å². The van der Waals surface area contributed by atoms with Crippen LogP contribution in [0.1, 0.15) is 162 Å². The third kappa shape index (κ3) is 14.7. The summed E-state index contributed by atoms with van der Waals surface area (Å²) in [7, 11) is 0. The Morgan fingerprint density at radius 2 is 0.548 bits per heavy atom. The van der Waals surface area contributed by atoms with Gasteiger partial charge in [0.15, 0.2) is 0 Å². The van der Waals surface area contributed by atoms with Gasteiger partial charge in [-0.3, -0.25) is 0 Å². The fraction of sp³-hybridized carbons (Fsp3) is 0.419. The second-order valence-corrected chi connectivity index (χ2v) is 18.3. The van der Waals surface area contributed by atoms with Gasteiger partial charge in [0, 0.05) is 0 Å². The van der Waals surface area contributed by atoms with Crippen molar-refractivity contribution in [2.75, 3.05) is 0 Å². The van der Waals surface area contributed by atoms with Gasteiger partial charge >= 0.3 is 0 Å². The third-order valence-electron chi connectivity index (χ3n) is 12.9. The van der Waals surface area contributed by atoms with Gasteiger partial charge in [0.05, 0.1) is 0 Å². The van der Waals surface area contributed by atoms with E-state index in [1.165, 1.54) is 186 Å². The van der Waals surface area contributed by atoms with Gasteiger partial charge in [0.2, 0.25) is 0 Å². The molecule has 0 saturated heterocycles. The molecule has 0 aromatic heterocycles. The molecule has 6 rings (SSSR count). The molecule has 328 valence electrons. The predicted molar refractivity (Wildman–Crippen MR) is 276 cm³/mol. The van der Waals surface area contributed by atoms with E-state index < -0.39 is 0 Å². The smallest absolute Gasteiger partial charge is 0.0149 e. The molecule has 0 spiro atoms. The molecule has 0 heteroatoms. The Morgan fingerprint density at radius 1 is 0.258 bits per heavy atom. The summed E-state index contributed by atoms with van der Waals surface area (Å²) in [6, 6.07) is 46.0. The summed E-state index contributed by atoms with van der Waals surface area (Å²) in [4.78, 5) is 0. The topological polar surface area (TPSA) is 0 Å². The summed E-state index contributed by atoms with van der Waals surface area (Å²) < 4.78 is 0. The van der Waals surface area contributed by atoms with E-state index in [2.05, 4.69) is 177 Å². The molecule has 0 bridgehead atoms. The summed E-state index contributed by atoms with van der Waals surface area (Å²) in [6.07, 6.45) is 23.4. The van der Waals surface area contributed by atoms with Crippen molar-refractivity contribution in [3.63, 3.8) is 0 Å². The summed E-state index contributed by atoms with van der Waals surface area (Å²) in [6.45, 7) is 18.0. The average Bonchev–Trinajstić information content (AvgIpc) is 3.28. The minimum absolute atomic E-state index is 1.14. The fourth-order valence-corrected chi connectivity index (χ4v) is 9.02.